The number of cyclic esters (lactones) is 1. The van der Waals surface area contributed by atoms with Crippen LogP contribution in [0, 0.1) is 0 Å². The summed E-state index contributed by atoms with van der Waals surface area (Å²) in [6, 6.07) is 11.4. The zero-order valence-electron chi connectivity index (χ0n) is 13.4. The average molecular weight is 381 g/mol. The third kappa shape index (κ3) is 4.43. The third-order valence-corrected chi connectivity index (χ3v) is 3.38. The SMILES string of the molecule is O=C1OC(c2ccccc2OC(F)F)=N/C1=C\c1ccccc1OC(F)F. The summed E-state index contributed by atoms with van der Waals surface area (Å²) in [5.41, 5.74) is 0.0145. The second-order valence-electron chi connectivity index (χ2n) is 5.13. The molecule has 0 saturated heterocycles. The van der Waals surface area contributed by atoms with Crippen molar-refractivity contribution in [1.82, 2.24) is 0 Å². The predicted octanol–water partition coefficient (Wildman–Crippen LogP) is 4.23. The minimum Gasteiger partial charge on any atom is -0.434 e. The Labute approximate surface area is 150 Å². The van der Waals surface area contributed by atoms with E-state index in [1.54, 1.807) is 6.07 Å². The normalized spacial score (nSPS) is 15.3. The molecule has 9 heteroatoms. The summed E-state index contributed by atoms with van der Waals surface area (Å²) in [6.07, 6.45) is 1.20. The Kier molecular flexibility index (Phi) is 5.39. The average Bonchev–Trinajstić information content (AvgIpc) is 2.97. The quantitative estimate of drug-likeness (QED) is 0.427. The van der Waals surface area contributed by atoms with Crippen LogP contribution in [0.4, 0.5) is 17.6 Å². The maximum Gasteiger partial charge on any atom is 0.387 e. The lowest BCUT2D eigenvalue weighted by molar-refractivity contribution is -0.129. The van der Waals surface area contributed by atoms with Gasteiger partial charge in [0.15, 0.2) is 5.70 Å². The number of benzene rings is 2. The van der Waals surface area contributed by atoms with Crippen molar-refractivity contribution in [2.75, 3.05) is 0 Å². The highest BCUT2D eigenvalue weighted by atomic mass is 19.3. The number of alkyl halides is 4. The van der Waals surface area contributed by atoms with Crippen molar-refractivity contribution >= 4 is 17.9 Å². The molecule has 0 bridgehead atoms. The molecule has 1 heterocycles. The number of para-hydroxylation sites is 2. The lowest BCUT2D eigenvalue weighted by atomic mass is 10.1. The van der Waals surface area contributed by atoms with Gasteiger partial charge in [0.1, 0.15) is 11.5 Å². The van der Waals surface area contributed by atoms with Gasteiger partial charge in [0, 0.05) is 5.56 Å². The molecule has 2 aromatic rings. The Morgan fingerprint density at radius 2 is 1.48 bits per heavy atom. The molecular weight excluding hydrogens is 370 g/mol. The molecule has 0 N–H and O–H groups in total. The van der Waals surface area contributed by atoms with Gasteiger partial charge in [0.25, 0.3) is 0 Å². The fourth-order valence-corrected chi connectivity index (χ4v) is 2.32. The second-order valence-corrected chi connectivity index (χ2v) is 5.13. The van der Waals surface area contributed by atoms with E-state index in [-0.39, 0.29) is 34.2 Å². The monoisotopic (exact) mass is 381 g/mol. The number of rotatable bonds is 6. The van der Waals surface area contributed by atoms with Crippen molar-refractivity contribution in [2.24, 2.45) is 4.99 Å². The van der Waals surface area contributed by atoms with Gasteiger partial charge in [0.2, 0.25) is 5.90 Å². The second kappa shape index (κ2) is 7.90. The largest absolute Gasteiger partial charge is 0.434 e. The number of esters is 1. The molecule has 0 aromatic heterocycles. The van der Waals surface area contributed by atoms with Gasteiger partial charge in [-0.25, -0.2) is 9.79 Å². The minimum absolute atomic E-state index is 0.0478. The van der Waals surface area contributed by atoms with E-state index in [9.17, 15) is 22.4 Å². The molecule has 0 amide bonds. The number of nitrogens with zero attached hydrogens (tertiary/aromatic N) is 1. The maximum atomic E-state index is 12.5. The van der Waals surface area contributed by atoms with Crippen molar-refractivity contribution in [3.05, 3.63) is 65.4 Å². The van der Waals surface area contributed by atoms with Crippen molar-refractivity contribution < 1.29 is 36.6 Å². The van der Waals surface area contributed by atoms with Crippen molar-refractivity contribution in [3.63, 3.8) is 0 Å². The van der Waals surface area contributed by atoms with E-state index in [2.05, 4.69) is 14.5 Å². The van der Waals surface area contributed by atoms with Crippen molar-refractivity contribution in [2.45, 2.75) is 13.2 Å². The molecule has 5 nitrogen and oxygen atoms in total. The summed E-state index contributed by atoms with van der Waals surface area (Å²) >= 11 is 0. The van der Waals surface area contributed by atoms with Crippen LogP contribution in [0.5, 0.6) is 11.5 Å². The van der Waals surface area contributed by atoms with Crippen LogP contribution in [0.15, 0.2) is 59.2 Å². The summed E-state index contributed by atoms with van der Waals surface area (Å²) in [5, 5.41) is 0. The summed E-state index contributed by atoms with van der Waals surface area (Å²) in [7, 11) is 0. The number of aliphatic imine (C=N–C) groups is 1. The van der Waals surface area contributed by atoms with E-state index in [1.807, 2.05) is 0 Å². The van der Waals surface area contributed by atoms with Crippen LogP contribution in [0.3, 0.4) is 0 Å². The minimum atomic E-state index is -3.07. The van der Waals surface area contributed by atoms with E-state index >= 15 is 0 Å². The number of ether oxygens (including phenoxy) is 3. The van der Waals surface area contributed by atoms with Crippen LogP contribution < -0.4 is 9.47 Å². The Morgan fingerprint density at radius 1 is 0.889 bits per heavy atom. The molecule has 0 spiro atoms. The van der Waals surface area contributed by atoms with Crippen LogP contribution in [-0.4, -0.2) is 25.1 Å². The van der Waals surface area contributed by atoms with Gasteiger partial charge >= 0.3 is 19.2 Å². The van der Waals surface area contributed by atoms with Crippen LogP contribution in [0.1, 0.15) is 11.1 Å². The zero-order valence-corrected chi connectivity index (χ0v) is 13.4. The lowest BCUT2D eigenvalue weighted by Gasteiger charge is -2.08. The molecular formula is C18H11F4NO4. The third-order valence-electron chi connectivity index (χ3n) is 3.38. The topological polar surface area (TPSA) is 57.1 Å². The Balaban J connectivity index is 1.95. The van der Waals surface area contributed by atoms with Crippen LogP contribution in [0.25, 0.3) is 6.08 Å². The molecule has 0 fully saturated rings. The summed E-state index contributed by atoms with van der Waals surface area (Å²) in [4.78, 5) is 16.0. The molecule has 27 heavy (non-hydrogen) atoms. The molecule has 0 saturated carbocycles. The fourth-order valence-electron chi connectivity index (χ4n) is 2.32. The van der Waals surface area contributed by atoms with E-state index in [0.29, 0.717) is 0 Å². The Bertz CT molecular complexity index is 912. The van der Waals surface area contributed by atoms with Gasteiger partial charge in [0.05, 0.1) is 5.56 Å². The lowest BCUT2D eigenvalue weighted by Crippen LogP contribution is -2.10. The van der Waals surface area contributed by atoms with Gasteiger partial charge in [-0.05, 0) is 24.3 Å². The molecule has 0 radical (unpaired) electrons. The molecule has 0 aliphatic carbocycles. The summed E-state index contributed by atoms with van der Waals surface area (Å²) in [5.74, 6) is -1.49. The molecule has 3 rings (SSSR count). The molecule has 1 aliphatic rings. The van der Waals surface area contributed by atoms with E-state index < -0.39 is 19.2 Å². The van der Waals surface area contributed by atoms with E-state index in [1.165, 1.54) is 48.5 Å². The Morgan fingerprint density at radius 3 is 2.19 bits per heavy atom. The van der Waals surface area contributed by atoms with Crippen molar-refractivity contribution in [1.29, 1.82) is 0 Å². The van der Waals surface area contributed by atoms with Gasteiger partial charge in [-0.2, -0.15) is 17.6 Å². The molecule has 0 unspecified atom stereocenters. The van der Waals surface area contributed by atoms with Gasteiger partial charge in [-0.1, -0.05) is 30.3 Å². The van der Waals surface area contributed by atoms with Crippen molar-refractivity contribution in [3.8, 4) is 11.5 Å². The number of carbonyl (C=O) groups excluding carboxylic acids is 1. The smallest absolute Gasteiger partial charge is 0.387 e. The number of halogens is 4. The van der Waals surface area contributed by atoms with Gasteiger partial charge < -0.3 is 14.2 Å². The molecule has 140 valence electrons. The van der Waals surface area contributed by atoms with Gasteiger partial charge in [-0.3, -0.25) is 0 Å². The van der Waals surface area contributed by atoms with Crippen LogP contribution in [0.2, 0.25) is 0 Å². The highest BCUT2D eigenvalue weighted by Gasteiger charge is 2.27. The summed E-state index contributed by atoms with van der Waals surface area (Å²) in [6.45, 7) is -6.12. The zero-order chi connectivity index (χ0) is 19.4. The van der Waals surface area contributed by atoms with E-state index in [4.69, 9.17) is 4.74 Å². The first kappa shape index (κ1) is 18.4. The highest BCUT2D eigenvalue weighted by molar-refractivity contribution is 6.13. The number of carbonyl (C=O) groups is 1. The van der Waals surface area contributed by atoms with Crippen LogP contribution >= 0.6 is 0 Å². The Hall–Kier alpha value is -3.36. The van der Waals surface area contributed by atoms with E-state index in [0.717, 1.165) is 0 Å². The molecule has 1 aliphatic heterocycles. The fraction of sp³-hybridized carbons (Fsp3) is 0.111. The predicted molar refractivity (Wildman–Crippen MR) is 86.8 cm³/mol. The number of hydrogen-bond donors (Lipinski definition) is 0. The standard InChI is InChI=1S/C18H11F4NO4/c19-17(20)25-13-7-3-1-5-10(13)9-12-16(24)27-15(23-12)11-6-2-4-8-14(11)26-18(21)22/h1-9,17-18H/b12-9-. The van der Waals surface area contributed by atoms with Gasteiger partial charge in [-0.15, -0.1) is 0 Å². The first-order valence-corrected chi connectivity index (χ1v) is 7.54. The number of hydrogen-bond acceptors (Lipinski definition) is 5. The first-order chi connectivity index (χ1) is 12.9. The summed E-state index contributed by atoms with van der Waals surface area (Å²) < 4.78 is 63.8. The first-order valence-electron chi connectivity index (χ1n) is 7.54. The van der Waals surface area contributed by atoms with Crippen LogP contribution in [-0.2, 0) is 9.53 Å². The maximum absolute atomic E-state index is 12.5. The molecule has 0 atom stereocenters. The molecule has 2 aromatic carbocycles. The highest BCUT2D eigenvalue weighted by Crippen LogP contribution is 2.28.